The molecule has 0 radical (unpaired) electrons. The second-order valence-corrected chi connectivity index (χ2v) is 6.03. The van der Waals surface area contributed by atoms with E-state index in [2.05, 4.69) is 6.92 Å². The molecule has 126 valence electrons. The molecule has 0 spiro atoms. The summed E-state index contributed by atoms with van der Waals surface area (Å²) in [5.41, 5.74) is 0.0713. The fourth-order valence-corrected chi connectivity index (χ4v) is 2.73. The van der Waals surface area contributed by atoms with Crippen LogP contribution in [0.4, 0.5) is 0 Å². The zero-order valence-electron chi connectivity index (χ0n) is 14.0. The van der Waals surface area contributed by atoms with Gasteiger partial charge in [0.2, 0.25) is 0 Å². The van der Waals surface area contributed by atoms with Gasteiger partial charge in [0.15, 0.2) is 0 Å². The number of unbranched alkanes of at least 4 members (excludes halogenated alkanes) is 7. The number of nitrogens with zero attached hydrogens (tertiary/aromatic N) is 1. The van der Waals surface area contributed by atoms with Gasteiger partial charge >= 0.3 is 0 Å². The highest BCUT2D eigenvalue weighted by Gasteiger charge is 2.03. The van der Waals surface area contributed by atoms with E-state index in [1.807, 2.05) is 6.07 Å². The molecule has 23 heavy (non-hydrogen) atoms. The largest absolute Gasteiger partial charge is 0.494 e. The molecule has 1 N–H and O–H groups in total. The van der Waals surface area contributed by atoms with Crippen molar-refractivity contribution in [2.45, 2.75) is 58.3 Å². The van der Waals surface area contributed by atoms with Crippen molar-refractivity contribution in [3.05, 3.63) is 40.7 Å². The summed E-state index contributed by atoms with van der Waals surface area (Å²) in [5.74, 6) is 0.777. The second kappa shape index (κ2) is 9.23. The number of ether oxygens (including phenoxy) is 1. The fourth-order valence-electron chi connectivity index (χ4n) is 2.73. The lowest BCUT2D eigenvalue weighted by atomic mass is 10.1. The highest BCUT2D eigenvalue weighted by Crippen LogP contribution is 2.19. The third-order valence-electron chi connectivity index (χ3n) is 4.11. The average molecular weight is 317 g/mol. The molecule has 0 saturated heterocycles. The molecule has 0 atom stereocenters. The maximum absolute atomic E-state index is 11.4. The van der Waals surface area contributed by atoms with E-state index in [0.29, 0.717) is 16.9 Å². The maximum Gasteiger partial charge on any atom is 0.283 e. The smallest absolute Gasteiger partial charge is 0.283 e. The van der Waals surface area contributed by atoms with Crippen molar-refractivity contribution >= 4 is 10.9 Å². The molecule has 1 aromatic carbocycles. The topological polar surface area (TPSA) is 51.5 Å². The minimum absolute atomic E-state index is 0.426. The molecular formula is C19H27NO3. The van der Waals surface area contributed by atoms with Crippen LogP contribution in [0.2, 0.25) is 0 Å². The van der Waals surface area contributed by atoms with Crippen LogP contribution in [0.1, 0.15) is 58.3 Å². The van der Waals surface area contributed by atoms with Crippen LogP contribution in [0.3, 0.4) is 0 Å². The molecule has 0 aliphatic rings. The highest BCUT2D eigenvalue weighted by molar-refractivity contribution is 5.80. The number of aromatic nitrogens is 1. The molecule has 1 heterocycles. The summed E-state index contributed by atoms with van der Waals surface area (Å²) < 4.78 is 6.42. The Morgan fingerprint density at radius 3 is 2.39 bits per heavy atom. The number of hydrogen-bond acceptors (Lipinski definition) is 3. The van der Waals surface area contributed by atoms with Crippen LogP contribution in [0.5, 0.6) is 5.75 Å². The predicted molar refractivity (Wildman–Crippen MR) is 93.5 cm³/mol. The molecule has 0 unspecified atom stereocenters. The number of fused-ring (bicyclic) bond motifs is 1. The Balaban J connectivity index is 1.71. The Kier molecular flexibility index (Phi) is 6.98. The Labute approximate surface area is 137 Å². The predicted octanol–water partition coefficient (Wildman–Crippen LogP) is 4.76. The average Bonchev–Trinajstić information content (AvgIpc) is 2.57. The molecule has 1 aromatic heterocycles. The quantitative estimate of drug-likeness (QED) is 0.508. The summed E-state index contributed by atoms with van der Waals surface area (Å²) in [6.45, 7) is 2.95. The van der Waals surface area contributed by atoms with E-state index in [4.69, 9.17) is 4.74 Å². The first-order valence-corrected chi connectivity index (χ1v) is 8.70. The van der Waals surface area contributed by atoms with Crippen molar-refractivity contribution in [3.63, 3.8) is 0 Å². The zero-order chi connectivity index (χ0) is 16.5. The molecule has 2 rings (SSSR count). The molecule has 0 aliphatic heterocycles. The Morgan fingerprint density at radius 1 is 0.957 bits per heavy atom. The molecule has 0 saturated carbocycles. The van der Waals surface area contributed by atoms with Gasteiger partial charge in [0.05, 0.1) is 12.1 Å². The van der Waals surface area contributed by atoms with E-state index >= 15 is 0 Å². The lowest BCUT2D eigenvalue weighted by Gasteiger charge is -2.08. The van der Waals surface area contributed by atoms with Crippen LogP contribution in [0.15, 0.2) is 35.1 Å². The van der Waals surface area contributed by atoms with E-state index in [-0.39, 0.29) is 0 Å². The number of benzene rings is 1. The van der Waals surface area contributed by atoms with Crippen molar-refractivity contribution in [2.75, 3.05) is 6.61 Å². The number of hydrogen-bond donors (Lipinski definition) is 1. The van der Waals surface area contributed by atoms with Gasteiger partial charge in [-0.05, 0) is 30.7 Å². The summed E-state index contributed by atoms with van der Waals surface area (Å²) in [6.07, 6.45) is 10.2. The molecule has 0 fully saturated rings. The van der Waals surface area contributed by atoms with Crippen molar-refractivity contribution in [2.24, 2.45) is 0 Å². The van der Waals surface area contributed by atoms with Crippen molar-refractivity contribution in [1.29, 1.82) is 0 Å². The number of rotatable bonds is 10. The zero-order valence-corrected chi connectivity index (χ0v) is 14.0. The lowest BCUT2D eigenvalue weighted by molar-refractivity contribution is 0.188. The van der Waals surface area contributed by atoms with Gasteiger partial charge in [-0.25, -0.2) is 0 Å². The Morgan fingerprint density at radius 2 is 1.65 bits per heavy atom. The Hall–Kier alpha value is -1.97. The van der Waals surface area contributed by atoms with Crippen molar-refractivity contribution < 1.29 is 9.94 Å². The summed E-state index contributed by atoms with van der Waals surface area (Å²) in [7, 11) is 0. The van der Waals surface area contributed by atoms with Gasteiger partial charge in [0, 0.05) is 11.5 Å². The van der Waals surface area contributed by atoms with Gasteiger partial charge in [-0.15, -0.1) is 4.73 Å². The first-order chi connectivity index (χ1) is 11.2. The van der Waals surface area contributed by atoms with Crippen molar-refractivity contribution in [1.82, 2.24) is 4.73 Å². The van der Waals surface area contributed by atoms with Gasteiger partial charge in [-0.3, -0.25) is 4.79 Å². The lowest BCUT2D eigenvalue weighted by Crippen LogP contribution is -2.16. The van der Waals surface area contributed by atoms with E-state index in [1.165, 1.54) is 51.0 Å². The Bertz CT molecular complexity index is 663. The minimum Gasteiger partial charge on any atom is -0.494 e. The van der Waals surface area contributed by atoms with E-state index in [9.17, 15) is 10.0 Å². The van der Waals surface area contributed by atoms with Crippen molar-refractivity contribution in [3.8, 4) is 5.75 Å². The van der Waals surface area contributed by atoms with E-state index in [1.54, 1.807) is 18.2 Å². The SMILES string of the molecule is CCCCCCCCCCOc1ccc2c(ccc(=O)n2O)c1. The van der Waals surface area contributed by atoms with Crippen LogP contribution in [-0.2, 0) is 0 Å². The van der Waals surface area contributed by atoms with Crippen LogP contribution < -0.4 is 10.3 Å². The van der Waals surface area contributed by atoms with Crippen LogP contribution in [0.25, 0.3) is 10.9 Å². The molecule has 2 aromatic rings. The standard InChI is InChI=1S/C19H27NO3/c1-2-3-4-5-6-7-8-9-14-23-17-11-12-18-16(15-17)10-13-19(21)20(18)22/h10-13,15,22H,2-9,14H2,1H3. The third-order valence-corrected chi connectivity index (χ3v) is 4.11. The molecule has 4 heteroatoms. The third kappa shape index (κ3) is 5.31. The van der Waals surface area contributed by atoms with Gasteiger partial charge in [-0.1, -0.05) is 51.9 Å². The monoisotopic (exact) mass is 317 g/mol. The second-order valence-electron chi connectivity index (χ2n) is 6.03. The fraction of sp³-hybridized carbons (Fsp3) is 0.526. The summed E-state index contributed by atoms with van der Waals surface area (Å²) >= 11 is 0. The van der Waals surface area contributed by atoms with Gasteiger partial charge < -0.3 is 9.94 Å². The molecule has 4 nitrogen and oxygen atoms in total. The van der Waals surface area contributed by atoms with Gasteiger partial charge in [0.1, 0.15) is 5.75 Å². The first-order valence-electron chi connectivity index (χ1n) is 8.70. The minimum atomic E-state index is -0.426. The van der Waals surface area contributed by atoms with Gasteiger partial charge in [-0.2, -0.15) is 0 Å². The van der Waals surface area contributed by atoms with E-state index in [0.717, 1.165) is 17.6 Å². The molecular weight excluding hydrogens is 290 g/mol. The molecule has 0 bridgehead atoms. The number of pyridine rings is 1. The summed E-state index contributed by atoms with van der Waals surface area (Å²) in [5, 5.41) is 10.5. The maximum atomic E-state index is 11.4. The summed E-state index contributed by atoms with van der Waals surface area (Å²) in [4.78, 5) is 11.4. The van der Waals surface area contributed by atoms with Crippen LogP contribution in [-0.4, -0.2) is 16.5 Å². The van der Waals surface area contributed by atoms with Gasteiger partial charge in [0.25, 0.3) is 5.56 Å². The normalized spacial score (nSPS) is 11.0. The first kappa shape index (κ1) is 17.4. The molecule has 0 aliphatic carbocycles. The highest BCUT2D eigenvalue weighted by atomic mass is 16.5. The van der Waals surface area contributed by atoms with E-state index < -0.39 is 5.56 Å². The summed E-state index contributed by atoms with van der Waals surface area (Å²) in [6, 6.07) is 8.41. The molecule has 0 amide bonds. The van der Waals surface area contributed by atoms with Crippen LogP contribution in [0, 0.1) is 0 Å². The van der Waals surface area contributed by atoms with Crippen LogP contribution >= 0.6 is 0 Å².